The first kappa shape index (κ1) is 17.3. The lowest BCUT2D eigenvalue weighted by Crippen LogP contribution is -2.56. The highest BCUT2D eigenvalue weighted by molar-refractivity contribution is 6.24. The zero-order valence-corrected chi connectivity index (χ0v) is 16.2. The topological polar surface area (TPSA) is 59.2 Å². The van der Waals surface area contributed by atoms with E-state index in [1.54, 1.807) is 13.1 Å². The number of benzene rings is 1. The molecule has 0 amide bonds. The van der Waals surface area contributed by atoms with Gasteiger partial charge in [0.25, 0.3) is 0 Å². The number of rotatable bonds is 4. The molecule has 4 aliphatic carbocycles. The summed E-state index contributed by atoms with van der Waals surface area (Å²) in [5.74, 6) is 0.667. The molecular formula is C22H24ClNO3. The third-order valence-electron chi connectivity index (χ3n) is 6.93. The van der Waals surface area contributed by atoms with Crippen LogP contribution in [-0.4, -0.2) is 27.7 Å². The summed E-state index contributed by atoms with van der Waals surface area (Å²) in [6.07, 6.45) is 6.56. The third-order valence-corrected chi connectivity index (χ3v) is 7.37. The minimum atomic E-state index is -0.795. The number of para-hydroxylation sites is 1. The summed E-state index contributed by atoms with van der Waals surface area (Å²) in [4.78, 5) is 28.9. The molecule has 142 valence electrons. The average molecular weight is 386 g/mol. The number of carbonyl (C=O) groups is 2. The van der Waals surface area contributed by atoms with Crippen LogP contribution in [-0.2, 0) is 9.53 Å². The number of ether oxygens (including phenoxy) is 1. The molecule has 4 saturated carbocycles. The van der Waals surface area contributed by atoms with E-state index in [0.29, 0.717) is 23.8 Å². The van der Waals surface area contributed by atoms with Gasteiger partial charge in [-0.15, -0.1) is 11.6 Å². The van der Waals surface area contributed by atoms with Crippen molar-refractivity contribution in [2.75, 3.05) is 0 Å². The maximum Gasteiger partial charge on any atom is 0.312 e. The molecule has 1 N–H and O–H groups in total. The smallest absolute Gasteiger partial charge is 0.312 e. The number of esters is 1. The average Bonchev–Trinajstić information content (AvgIpc) is 3.03. The largest absolute Gasteiger partial charge is 0.454 e. The molecule has 1 aromatic carbocycles. The molecule has 3 atom stereocenters. The number of hydrogen-bond acceptors (Lipinski definition) is 3. The van der Waals surface area contributed by atoms with Gasteiger partial charge in [0.2, 0.25) is 5.78 Å². The second kappa shape index (κ2) is 5.84. The van der Waals surface area contributed by atoms with E-state index >= 15 is 0 Å². The highest BCUT2D eigenvalue weighted by atomic mass is 35.5. The van der Waals surface area contributed by atoms with Crippen molar-refractivity contribution in [2.24, 2.45) is 17.3 Å². The van der Waals surface area contributed by atoms with Crippen molar-refractivity contribution in [3.05, 3.63) is 36.0 Å². The maximum absolute atomic E-state index is 13.1. The molecule has 4 aliphatic rings. The number of fused-ring (bicyclic) bond motifs is 1. The molecule has 27 heavy (non-hydrogen) atoms. The van der Waals surface area contributed by atoms with Gasteiger partial charge in [-0.2, -0.15) is 0 Å². The first-order valence-electron chi connectivity index (χ1n) is 9.88. The number of carbonyl (C=O) groups excluding carboxylic acids is 2. The van der Waals surface area contributed by atoms with Crippen LogP contribution in [0.25, 0.3) is 10.9 Å². The van der Waals surface area contributed by atoms with Gasteiger partial charge in [0.15, 0.2) is 6.10 Å². The van der Waals surface area contributed by atoms with E-state index in [1.165, 1.54) is 6.42 Å². The lowest BCUT2D eigenvalue weighted by Gasteiger charge is -2.58. The Bertz CT molecular complexity index is 919. The summed E-state index contributed by atoms with van der Waals surface area (Å²) in [7, 11) is 0. The summed E-state index contributed by atoms with van der Waals surface area (Å²) in [5, 5.41) is 0.861. The van der Waals surface area contributed by atoms with Gasteiger partial charge < -0.3 is 9.72 Å². The Morgan fingerprint density at radius 3 is 2.59 bits per heavy atom. The van der Waals surface area contributed by atoms with Gasteiger partial charge in [-0.3, -0.25) is 9.59 Å². The van der Waals surface area contributed by atoms with Gasteiger partial charge in [0.1, 0.15) is 0 Å². The summed E-state index contributed by atoms with van der Waals surface area (Å²) in [6, 6.07) is 7.66. The van der Waals surface area contributed by atoms with Crippen LogP contribution in [0.2, 0.25) is 0 Å². The van der Waals surface area contributed by atoms with Gasteiger partial charge in [-0.05, 0) is 63.4 Å². The van der Waals surface area contributed by atoms with Crippen LogP contribution in [0.15, 0.2) is 30.5 Å². The molecule has 1 heterocycles. The molecule has 4 nitrogen and oxygen atoms in total. The van der Waals surface area contributed by atoms with Gasteiger partial charge in [-0.1, -0.05) is 18.2 Å². The molecule has 6 rings (SSSR count). The molecular weight excluding hydrogens is 362 g/mol. The van der Waals surface area contributed by atoms with Crippen molar-refractivity contribution in [1.29, 1.82) is 0 Å². The van der Waals surface area contributed by atoms with Crippen molar-refractivity contribution >= 4 is 34.3 Å². The third kappa shape index (κ3) is 2.72. The normalized spacial score (nSPS) is 35.3. The van der Waals surface area contributed by atoms with Gasteiger partial charge in [-0.25, -0.2) is 0 Å². The summed E-state index contributed by atoms with van der Waals surface area (Å²) < 4.78 is 5.75. The summed E-state index contributed by atoms with van der Waals surface area (Å²) >= 11 is 6.83. The molecule has 0 radical (unpaired) electrons. The second-order valence-corrected chi connectivity index (χ2v) is 9.85. The van der Waals surface area contributed by atoms with E-state index in [2.05, 4.69) is 4.98 Å². The first-order chi connectivity index (χ1) is 12.9. The Balaban J connectivity index is 1.36. The van der Waals surface area contributed by atoms with E-state index in [9.17, 15) is 9.59 Å². The number of nitrogens with one attached hydrogen (secondary N) is 1. The van der Waals surface area contributed by atoms with Gasteiger partial charge in [0, 0.05) is 27.5 Å². The van der Waals surface area contributed by atoms with Crippen LogP contribution >= 0.6 is 11.6 Å². The molecule has 4 bridgehead atoms. The summed E-state index contributed by atoms with van der Waals surface area (Å²) in [6.45, 7) is 1.68. The number of Topliss-reactive ketones (excluding diaryl/α,β-unsaturated/α-hetero) is 1. The van der Waals surface area contributed by atoms with Gasteiger partial charge >= 0.3 is 5.97 Å². The van der Waals surface area contributed by atoms with Crippen molar-refractivity contribution in [1.82, 2.24) is 4.98 Å². The van der Waals surface area contributed by atoms with Crippen molar-refractivity contribution in [2.45, 2.75) is 56.4 Å². The molecule has 1 aromatic heterocycles. The Morgan fingerprint density at radius 1 is 1.19 bits per heavy atom. The fourth-order valence-corrected chi connectivity index (χ4v) is 6.92. The van der Waals surface area contributed by atoms with Crippen molar-refractivity contribution in [3.8, 4) is 0 Å². The Hall–Kier alpha value is -1.81. The molecule has 0 spiro atoms. The van der Waals surface area contributed by atoms with Crippen LogP contribution in [0, 0.1) is 17.3 Å². The predicted molar refractivity (Wildman–Crippen MR) is 104 cm³/mol. The van der Waals surface area contributed by atoms with Crippen LogP contribution in [0.3, 0.4) is 0 Å². The number of H-pyrrole nitrogens is 1. The fraction of sp³-hybridized carbons (Fsp3) is 0.545. The SMILES string of the molecule is C[C@@H](OC(=O)C12C[C@H]3C[C@@H](CC(Cl)(C3)C1)C2)C(=O)c1c[nH]c2ccccc12. The fourth-order valence-electron chi connectivity index (χ4n) is 6.22. The molecule has 0 saturated heterocycles. The monoisotopic (exact) mass is 385 g/mol. The number of hydrogen-bond donors (Lipinski definition) is 1. The van der Waals surface area contributed by atoms with Crippen molar-refractivity contribution in [3.63, 3.8) is 0 Å². The van der Waals surface area contributed by atoms with E-state index < -0.39 is 11.5 Å². The zero-order valence-electron chi connectivity index (χ0n) is 15.5. The van der Waals surface area contributed by atoms with Crippen LogP contribution < -0.4 is 0 Å². The number of halogens is 1. The quantitative estimate of drug-likeness (QED) is 0.464. The highest BCUT2D eigenvalue weighted by Gasteiger charge is 2.61. The van der Waals surface area contributed by atoms with Gasteiger partial charge in [0.05, 0.1) is 5.41 Å². The summed E-state index contributed by atoms with van der Waals surface area (Å²) in [5.41, 5.74) is 0.996. The molecule has 2 aromatic rings. The predicted octanol–water partition coefficient (Wildman–Crippen LogP) is 4.86. The minimum Gasteiger partial charge on any atom is -0.454 e. The number of aromatic amines is 1. The zero-order chi connectivity index (χ0) is 18.8. The molecule has 5 heteroatoms. The highest BCUT2D eigenvalue weighted by Crippen LogP contribution is 2.64. The van der Waals surface area contributed by atoms with Crippen molar-refractivity contribution < 1.29 is 14.3 Å². The Morgan fingerprint density at radius 2 is 1.89 bits per heavy atom. The van der Waals surface area contributed by atoms with E-state index in [4.69, 9.17) is 16.3 Å². The number of ketones is 1. The lowest BCUT2D eigenvalue weighted by atomic mass is 9.49. The first-order valence-corrected chi connectivity index (χ1v) is 10.3. The van der Waals surface area contributed by atoms with E-state index in [1.807, 2.05) is 24.3 Å². The molecule has 4 fully saturated rings. The maximum atomic E-state index is 13.1. The van der Waals surface area contributed by atoms with E-state index in [0.717, 1.165) is 36.6 Å². The van der Waals surface area contributed by atoms with E-state index in [-0.39, 0.29) is 16.6 Å². The molecule has 0 aliphatic heterocycles. The standard InChI is InChI=1S/C22H24ClNO3/c1-13(19(25)17-11-24-18-5-3-2-4-16(17)18)27-20(26)21-7-14-6-15(8-21)10-22(23,9-14)12-21/h2-5,11,13-15,24H,6-10,12H2,1H3/t13-,14-,15-,21?,22?/m1/s1. The van der Waals surface area contributed by atoms with Crippen LogP contribution in [0.5, 0.6) is 0 Å². The minimum absolute atomic E-state index is 0.161. The number of alkyl halides is 1. The number of aromatic nitrogens is 1. The molecule has 0 unspecified atom stereocenters. The lowest BCUT2D eigenvalue weighted by molar-refractivity contribution is -0.172. The second-order valence-electron chi connectivity index (χ2n) is 9.05. The van der Waals surface area contributed by atoms with Crippen LogP contribution in [0.4, 0.5) is 0 Å². The Kier molecular flexibility index (Phi) is 3.74. The Labute approximate surface area is 163 Å². The van der Waals surface area contributed by atoms with Crippen LogP contribution in [0.1, 0.15) is 55.8 Å².